The van der Waals surface area contributed by atoms with Crippen LogP contribution < -0.4 is 5.32 Å². The highest BCUT2D eigenvalue weighted by Crippen LogP contribution is 2.22. The summed E-state index contributed by atoms with van der Waals surface area (Å²) in [4.78, 5) is 25.6. The number of hydrogen-bond acceptors (Lipinski definition) is 2. The second kappa shape index (κ2) is 7.57. The molecular weight excluding hydrogens is 295 g/mol. The zero-order valence-electron chi connectivity index (χ0n) is 14.1. The molecule has 1 aromatic carbocycles. The molecule has 1 fully saturated rings. The van der Waals surface area contributed by atoms with Crippen molar-refractivity contribution in [2.24, 2.45) is 5.92 Å². The Labute approximate surface area is 137 Å². The first-order valence-corrected chi connectivity index (χ1v) is 8.20. The van der Waals surface area contributed by atoms with Gasteiger partial charge in [0.1, 0.15) is 5.82 Å². The van der Waals surface area contributed by atoms with Gasteiger partial charge in [0.2, 0.25) is 11.8 Å². The van der Waals surface area contributed by atoms with E-state index in [4.69, 9.17) is 0 Å². The van der Waals surface area contributed by atoms with Crippen molar-refractivity contribution in [2.75, 3.05) is 13.1 Å². The zero-order chi connectivity index (χ0) is 17.0. The van der Waals surface area contributed by atoms with Crippen molar-refractivity contribution in [1.82, 2.24) is 10.2 Å². The summed E-state index contributed by atoms with van der Waals surface area (Å²) in [6.07, 6.45) is 2.25. The van der Waals surface area contributed by atoms with Crippen molar-refractivity contribution in [3.63, 3.8) is 0 Å². The molecule has 23 heavy (non-hydrogen) atoms. The van der Waals surface area contributed by atoms with Crippen LogP contribution in [0.5, 0.6) is 0 Å². The van der Waals surface area contributed by atoms with E-state index in [2.05, 4.69) is 12.2 Å². The largest absolute Gasteiger partial charge is 0.351 e. The zero-order valence-corrected chi connectivity index (χ0v) is 14.1. The summed E-state index contributed by atoms with van der Waals surface area (Å²) < 4.78 is 13.3. The van der Waals surface area contributed by atoms with Crippen molar-refractivity contribution >= 4 is 11.8 Å². The van der Waals surface area contributed by atoms with Crippen LogP contribution >= 0.6 is 0 Å². The standard InChI is InChI=1S/C18H25FN2O2/c1-4-5-15-10-21(13(3)22)11-17(15)20-18(23)9-14-6-7-16(19)12(2)8-14/h6-8,15,17H,4-5,9-11H2,1-3H3,(H,20,23)/t15-,17-/m1/s1. The Morgan fingerprint density at radius 1 is 1.35 bits per heavy atom. The van der Waals surface area contributed by atoms with E-state index in [1.165, 1.54) is 6.07 Å². The number of aryl methyl sites for hydroxylation is 1. The molecule has 0 unspecified atom stereocenters. The topological polar surface area (TPSA) is 49.4 Å². The molecule has 1 aliphatic heterocycles. The van der Waals surface area contributed by atoms with E-state index in [9.17, 15) is 14.0 Å². The normalized spacial score (nSPS) is 20.6. The summed E-state index contributed by atoms with van der Waals surface area (Å²) in [7, 11) is 0. The van der Waals surface area contributed by atoms with Crippen LogP contribution in [0.4, 0.5) is 4.39 Å². The van der Waals surface area contributed by atoms with Crippen LogP contribution in [0.3, 0.4) is 0 Å². The van der Waals surface area contributed by atoms with Crippen LogP contribution in [0.15, 0.2) is 18.2 Å². The molecule has 1 N–H and O–H groups in total. The molecule has 1 aliphatic rings. The first kappa shape index (κ1) is 17.4. The fraction of sp³-hybridized carbons (Fsp3) is 0.556. The summed E-state index contributed by atoms with van der Waals surface area (Å²) in [5, 5.41) is 3.05. The molecule has 0 bridgehead atoms. The monoisotopic (exact) mass is 320 g/mol. The number of nitrogens with zero attached hydrogens (tertiary/aromatic N) is 1. The van der Waals surface area contributed by atoms with E-state index in [1.54, 1.807) is 30.9 Å². The van der Waals surface area contributed by atoms with Gasteiger partial charge in [0.15, 0.2) is 0 Å². The number of amides is 2. The van der Waals surface area contributed by atoms with Crippen LogP contribution in [0.2, 0.25) is 0 Å². The number of hydrogen-bond donors (Lipinski definition) is 1. The van der Waals surface area contributed by atoms with Gasteiger partial charge in [0.05, 0.1) is 12.5 Å². The summed E-state index contributed by atoms with van der Waals surface area (Å²) >= 11 is 0. The number of halogens is 1. The SMILES string of the molecule is CCC[C@@H]1CN(C(C)=O)C[C@H]1NC(=O)Cc1ccc(F)c(C)c1. The van der Waals surface area contributed by atoms with Crippen LogP contribution in [0.25, 0.3) is 0 Å². The lowest BCUT2D eigenvalue weighted by molar-refractivity contribution is -0.128. The van der Waals surface area contributed by atoms with Gasteiger partial charge in [-0.25, -0.2) is 4.39 Å². The van der Waals surface area contributed by atoms with E-state index in [0.717, 1.165) is 18.4 Å². The van der Waals surface area contributed by atoms with E-state index in [1.807, 2.05) is 0 Å². The Bertz CT molecular complexity index is 588. The van der Waals surface area contributed by atoms with Crippen molar-refractivity contribution in [3.05, 3.63) is 35.1 Å². The number of likely N-dealkylation sites (tertiary alicyclic amines) is 1. The minimum absolute atomic E-state index is 0.00731. The summed E-state index contributed by atoms with van der Waals surface area (Å²) in [5.41, 5.74) is 1.35. The quantitative estimate of drug-likeness (QED) is 0.906. The van der Waals surface area contributed by atoms with Gasteiger partial charge >= 0.3 is 0 Å². The average Bonchev–Trinajstić information content (AvgIpc) is 2.86. The molecule has 4 nitrogen and oxygen atoms in total. The van der Waals surface area contributed by atoms with E-state index < -0.39 is 0 Å². The van der Waals surface area contributed by atoms with Gasteiger partial charge in [-0.15, -0.1) is 0 Å². The molecular formula is C18H25FN2O2. The number of carbonyl (C=O) groups excluding carboxylic acids is 2. The highest BCUT2D eigenvalue weighted by atomic mass is 19.1. The van der Waals surface area contributed by atoms with Gasteiger partial charge in [0.25, 0.3) is 0 Å². The molecule has 126 valence electrons. The van der Waals surface area contributed by atoms with Gasteiger partial charge in [0, 0.05) is 20.0 Å². The maximum Gasteiger partial charge on any atom is 0.224 e. The second-order valence-corrected chi connectivity index (χ2v) is 6.41. The van der Waals surface area contributed by atoms with Crippen molar-refractivity contribution in [3.8, 4) is 0 Å². The Balaban J connectivity index is 1.97. The highest BCUT2D eigenvalue weighted by Gasteiger charge is 2.34. The van der Waals surface area contributed by atoms with Crippen LogP contribution in [-0.4, -0.2) is 35.8 Å². The molecule has 1 aromatic rings. The molecule has 0 aromatic heterocycles. The van der Waals surface area contributed by atoms with Gasteiger partial charge in [-0.1, -0.05) is 25.5 Å². The van der Waals surface area contributed by atoms with Crippen molar-refractivity contribution in [2.45, 2.75) is 46.1 Å². The Hall–Kier alpha value is -1.91. The molecule has 0 spiro atoms. The third kappa shape index (κ3) is 4.53. The predicted molar refractivity (Wildman–Crippen MR) is 87.4 cm³/mol. The molecule has 1 heterocycles. The Morgan fingerprint density at radius 2 is 2.09 bits per heavy atom. The van der Waals surface area contributed by atoms with Crippen LogP contribution in [0.1, 0.15) is 37.8 Å². The number of carbonyl (C=O) groups is 2. The summed E-state index contributed by atoms with van der Waals surface area (Å²) in [6.45, 7) is 6.65. The van der Waals surface area contributed by atoms with Gasteiger partial charge < -0.3 is 10.2 Å². The molecule has 2 atom stereocenters. The van der Waals surface area contributed by atoms with Gasteiger partial charge in [-0.2, -0.15) is 0 Å². The molecule has 2 rings (SSSR count). The van der Waals surface area contributed by atoms with E-state index in [0.29, 0.717) is 24.6 Å². The average molecular weight is 320 g/mol. The lowest BCUT2D eigenvalue weighted by atomic mass is 9.98. The predicted octanol–water partition coefficient (Wildman–Crippen LogP) is 2.44. The van der Waals surface area contributed by atoms with Gasteiger partial charge in [-0.05, 0) is 36.5 Å². The lowest BCUT2D eigenvalue weighted by Gasteiger charge is -2.19. The smallest absolute Gasteiger partial charge is 0.224 e. The first-order valence-electron chi connectivity index (χ1n) is 8.20. The molecule has 1 saturated heterocycles. The van der Waals surface area contributed by atoms with Crippen molar-refractivity contribution in [1.29, 1.82) is 0 Å². The number of benzene rings is 1. The first-order chi connectivity index (χ1) is 10.9. The van der Waals surface area contributed by atoms with Crippen LogP contribution in [-0.2, 0) is 16.0 Å². The maximum atomic E-state index is 13.3. The van der Waals surface area contributed by atoms with E-state index >= 15 is 0 Å². The minimum atomic E-state index is -0.259. The molecule has 5 heteroatoms. The van der Waals surface area contributed by atoms with Gasteiger partial charge in [-0.3, -0.25) is 9.59 Å². The fourth-order valence-electron chi connectivity index (χ4n) is 3.22. The highest BCUT2D eigenvalue weighted by molar-refractivity contribution is 5.79. The minimum Gasteiger partial charge on any atom is -0.351 e. The summed E-state index contributed by atoms with van der Waals surface area (Å²) in [6, 6.07) is 4.75. The van der Waals surface area contributed by atoms with Crippen molar-refractivity contribution < 1.29 is 14.0 Å². The number of rotatable bonds is 5. The Kier molecular flexibility index (Phi) is 5.74. The third-order valence-electron chi connectivity index (χ3n) is 4.48. The second-order valence-electron chi connectivity index (χ2n) is 6.41. The fourth-order valence-corrected chi connectivity index (χ4v) is 3.22. The molecule has 0 saturated carbocycles. The number of nitrogens with one attached hydrogen (secondary N) is 1. The van der Waals surface area contributed by atoms with Crippen LogP contribution in [0, 0.1) is 18.7 Å². The Morgan fingerprint density at radius 3 is 2.70 bits per heavy atom. The summed E-state index contributed by atoms with van der Waals surface area (Å²) in [5.74, 6) is 0.0254. The lowest BCUT2D eigenvalue weighted by Crippen LogP contribution is -2.41. The molecule has 0 aliphatic carbocycles. The molecule has 2 amide bonds. The third-order valence-corrected chi connectivity index (χ3v) is 4.48. The molecule has 0 radical (unpaired) electrons. The van der Waals surface area contributed by atoms with E-state index in [-0.39, 0.29) is 30.1 Å². The maximum absolute atomic E-state index is 13.3.